The monoisotopic (exact) mass is 296 g/mol. The van der Waals surface area contributed by atoms with E-state index in [-0.39, 0.29) is 5.78 Å². The molecule has 0 atom stereocenters. The molecule has 0 spiro atoms. The largest absolute Gasteiger partial charge is 0.345 e. The predicted molar refractivity (Wildman–Crippen MR) is 73.9 cm³/mol. The van der Waals surface area contributed by atoms with Crippen molar-refractivity contribution in [3.63, 3.8) is 0 Å². The van der Waals surface area contributed by atoms with Crippen LogP contribution in [0.4, 0.5) is 0 Å². The highest BCUT2D eigenvalue weighted by Gasteiger charge is 2.19. The second-order valence-corrected chi connectivity index (χ2v) is 5.95. The van der Waals surface area contributed by atoms with Crippen molar-refractivity contribution in [1.29, 1.82) is 0 Å². The van der Waals surface area contributed by atoms with Gasteiger partial charge in [-0.2, -0.15) is 0 Å². The molecule has 18 heavy (non-hydrogen) atoms. The number of hydrogen-bond donors (Lipinski definition) is 1. The van der Waals surface area contributed by atoms with E-state index in [9.17, 15) is 4.79 Å². The molecular formula is C12H6Cl2N2OS. The Balaban J connectivity index is 2.15. The number of rotatable bonds is 2. The van der Waals surface area contributed by atoms with Crippen LogP contribution in [0.5, 0.6) is 0 Å². The second-order valence-electron chi connectivity index (χ2n) is 3.67. The number of carbonyl (C=O) groups is 1. The molecule has 0 saturated carbocycles. The summed E-state index contributed by atoms with van der Waals surface area (Å²) in [4.78, 5) is 19.5. The number of pyridine rings is 1. The molecule has 0 aliphatic heterocycles. The molecule has 0 unspecified atom stereocenters. The van der Waals surface area contributed by atoms with Gasteiger partial charge in [0.05, 0.1) is 9.90 Å². The Morgan fingerprint density at radius 1 is 1.33 bits per heavy atom. The van der Waals surface area contributed by atoms with Gasteiger partial charge < -0.3 is 4.98 Å². The fourth-order valence-electron chi connectivity index (χ4n) is 1.78. The smallest absolute Gasteiger partial charge is 0.197 e. The standard InChI is InChI=1S/C12H6Cl2N2OS/c13-9-4-7(11(14)18-9)10(17)8-5-16-12-6(8)2-1-3-15-12/h1-5H,(H,15,16). The number of fused-ring (bicyclic) bond motifs is 1. The molecule has 3 aromatic rings. The highest BCUT2D eigenvalue weighted by atomic mass is 35.5. The number of thiophene rings is 1. The zero-order chi connectivity index (χ0) is 12.7. The van der Waals surface area contributed by atoms with E-state index in [0.29, 0.717) is 25.4 Å². The van der Waals surface area contributed by atoms with Crippen LogP contribution in [0.1, 0.15) is 15.9 Å². The van der Waals surface area contributed by atoms with Gasteiger partial charge in [-0.3, -0.25) is 4.79 Å². The molecule has 0 aliphatic carbocycles. The summed E-state index contributed by atoms with van der Waals surface area (Å²) >= 11 is 13.0. The van der Waals surface area contributed by atoms with Crippen molar-refractivity contribution in [2.45, 2.75) is 0 Å². The average molecular weight is 297 g/mol. The van der Waals surface area contributed by atoms with Gasteiger partial charge in [0.1, 0.15) is 9.98 Å². The zero-order valence-electron chi connectivity index (χ0n) is 8.91. The third-order valence-corrected chi connectivity index (χ3v) is 4.08. The summed E-state index contributed by atoms with van der Waals surface area (Å²) < 4.78 is 0.907. The maximum absolute atomic E-state index is 12.4. The molecule has 3 rings (SSSR count). The minimum absolute atomic E-state index is 0.151. The van der Waals surface area contributed by atoms with Crippen molar-refractivity contribution in [1.82, 2.24) is 9.97 Å². The van der Waals surface area contributed by atoms with Crippen LogP contribution in [-0.2, 0) is 0 Å². The van der Waals surface area contributed by atoms with Gasteiger partial charge in [0.25, 0.3) is 0 Å². The number of nitrogens with zero attached hydrogens (tertiary/aromatic N) is 1. The highest BCUT2D eigenvalue weighted by Crippen LogP contribution is 2.33. The molecule has 0 amide bonds. The van der Waals surface area contributed by atoms with E-state index < -0.39 is 0 Å². The first-order valence-electron chi connectivity index (χ1n) is 5.08. The summed E-state index contributed by atoms with van der Waals surface area (Å²) in [6.07, 6.45) is 3.31. The molecule has 0 bridgehead atoms. The summed E-state index contributed by atoms with van der Waals surface area (Å²) in [6.45, 7) is 0. The van der Waals surface area contributed by atoms with Crippen molar-refractivity contribution >= 4 is 51.4 Å². The van der Waals surface area contributed by atoms with Gasteiger partial charge in [-0.1, -0.05) is 23.2 Å². The molecule has 0 aliphatic rings. The van der Waals surface area contributed by atoms with Gasteiger partial charge in [-0.25, -0.2) is 4.98 Å². The number of aromatic nitrogens is 2. The van der Waals surface area contributed by atoms with E-state index in [0.717, 1.165) is 5.39 Å². The summed E-state index contributed by atoms with van der Waals surface area (Å²) in [5, 5.41) is 0.779. The van der Waals surface area contributed by atoms with Crippen molar-refractivity contribution in [2.75, 3.05) is 0 Å². The minimum Gasteiger partial charge on any atom is -0.345 e. The molecule has 0 saturated heterocycles. The molecule has 1 N–H and O–H groups in total. The number of hydrogen-bond acceptors (Lipinski definition) is 3. The maximum atomic E-state index is 12.4. The van der Waals surface area contributed by atoms with Crippen LogP contribution in [0.25, 0.3) is 11.0 Å². The first-order chi connectivity index (χ1) is 8.66. The van der Waals surface area contributed by atoms with E-state index in [1.165, 1.54) is 11.3 Å². The number of nitrogens with one attached hydrogen (secondary N) is 1. The van der Waals surface area contributed by atoms with Crippen LogP contribution in [-0.4, -0.2) is 15.8 Å². The lowest BCUT2D eigenvalue weighted by Gasteiger charge is -1.96. The normalized spacial score (nSPS) is 11.0. The topological polar surface area (TPSA) is 45.8 Å². The van der Waals surface area contributed by atoms with Gasteiger partial charge in [-0.15, -0.1) is 11.3 Å². The average Bonchev–Trinajstić information content (AvgIpc) is 2.92. The molecule has 3 heterocycles. The first-order valence-corrected chi connectivity index (χ1v) is 6.65. The van der Waals surface area contributed by atoms with Crippen LogP contribution in [0.2, 0.25) is 8.67 Å². The Bertz CT molecular complexity index is 747. The fourth-order valence-corrected chi connectivity index (χ4v) is 3.24. The van der Waals surface area contributed by atoms with Crippen molar-refractivity contribution in [2.24, 2.45) is 0 Å². The summed E-state index contributed by atoms with van der Waals surface area (Å²) in [5.74, 6) is -0.151. The third kappa shape index (κ3) is 1.82. The number of H-pyrrole nitrogens is 1. The number of ketones is 1. The van der Waals surface area contributed by atoms with Gasteiger partial charge in [-0.05, 0) is 18.2 Å². The van der Waals surface area contributed by atoms with E-state index in [4.69, 9.17) is 23.2 Å². The van der Waals surface area contributed by atoms with Gasteiger partial charge in [0.15, 0.2) is 5.78 Å². The van der Waals surface area contributed by atoms with Crippen molar-refractivity contribution in [3.8, 4) is 0 Å². The van der Waals surface area contributed by atoms with Gasteiger partial charge in [0, 0.05) is 23.3 Å². The summed E-state index contributed by atoms with van der Waals surface area (Å²) in [5.41, 5.74) is 1.66. The molecule has 3 nitrogen and oxygen atoms in total. The highest BCUT2D eigenvalue weighted by molar-refractivity contribution is 7.20. The van der Waals surface area contributed by atoms with Gasteiger partial charge in [0.2, 0.25) is 0 Å². The predicted octanol–water partition coefficient (Wildman–Crippen LogP) is 4.16. The van der Waals surface area contributed by atoms with E-state index in [1.54, 1.807) is 24.5 Å². The molecule has 0 fully saturated rings. The van der Waals surface area contributed by atoms with E-state index >= 15 is 0 Å². The Labute approximate surface area is 116 Å². The maximum Gasteiger partial charge on any atom is 0.197 e. The van der Waals surface area contributed by atoms with Crippen LogP contribution < -0.4 is 0 Å². The fraction of sp³-hybridized carbons (Fsp3) is 0. The Morgan fingerprint density at radius 3 is 2.89 bits per heavy atom. The van der Waals surface area contributed by atoms with E-state index in [2.05, 4.69) is 9.97 Å². The molecule has 0 radical (unpaired) electrons. The number of aromatic amines is 1. The lowest BCUT2D eigenvalue weighted by Crippen LogP contribution is -1.98. The summed E-state index contributed by atoms with van der Waals surface area (Å²) in [7, 11) is 0. The Kier molecular flexibility index (Phi) is 2.86. The molecular weight excluding hydrogens is 291 g/mol. The van der Waals surface area contributed by atoms with Crippen molar-refractivity contribution in [3.05, 3.63) is 50.4 Å². The van der Waals surface area contributed by atoms with Crippen LogP contribution >= 0.6 is 34.5 Å². The lowest BCUT2D eigenvalue weighted by atomic mass is 10.1. The SMILES string of the molecule is O=C(c1cc(Cl)sc1Cl)c1c[nH]c2ncccc12. The molecule has 0 aromatic carbocycles. The third-order valence-electron chi connectivity index (χ3n) is 2.60. The van der Waals surface area contributed by atoms with E-state index in [1.807, 2.05) is 6.07 Å². The van der Waals surface area contributed by atoms with Crippen LogP contribution in [0.3, 0.4) is 0 Å². The lowest BCUT2D eigenvalue weighted by molar-refractivity contribution is 0.104. The molecule has 90 valence electrons. The second kappa shape index (κ2) is 4.39. The number of carbonyl (C=O) groups excluding carboxylic acids is 1. The van der Waals surface area contributed by atoms with Gasteiger partial charge >= 0.3 is 0 Å². The molecule has 3 aromatic heterocycles. The summed E-state index contributed by atoms with van der Waals surface area (Å²) in [6, 6.07) is 5.22. The van der Waals surface area contributed by atoms with Crippen LogP contribution in [0, 0.1) is 0 Å². The quantitative estimate of drug-likeness (QED) is 0.722. The van der Waals surface area contributed by atoms with Crippen molar-refractivity contribution < 1.29 is 4.79 Å². The first kappa shape index (κ1) is 11.7. The Morgan fingerprint density at radius 2 is 2.17 bits per heavy atom. The number of halogens is 2. The Hall–Kier alpha value is -1.36. The minimum atomic E-state index is -0.151. The zero-order valence-corrected chi connectivity index (χ0v) is 11.2. The molecule has 6 heteroatoms. The van der Waals surface area contributed by atoms with Crippen LogP contribution in [0.15, 0.2) is 30.6 Å².